The Morgan fingerprint density at radius 1 is 1.55 bits per heavy atom. The molecule has 0 saturated heterocycles. The lowest BCUT2D eigenvalue weighted by molar-refractivity contribution is -0.148. The molecule has 2 N–H and O–H groups in total. The van der Waals surface area contributed by atoms with E-state index in [1.807, 2.05) is 27.0 Å². The SMILES string of the molecule is COC(=O)C(C)(CCCCSc1ncc[nH]1)NC(C)C. The van der Waals surface area contributed by atoms with Gasteiger partial charge < -0.3 is 9.72 Å². The van der Waals surface area contributed by atoms with Crippen molar-refractivity contribution in [2.75, 3.05) is 12.9 Å². The second-order valence-electron chi connectivity index (χ2n) is 5.32. The maximum atomic E-state index is 11.9. The molecule has 20 heavy (non-hydrogen) atoms. The van der Waals surface area contributed by atoms with Crippen molar-refractivity contribution < 1.29 is 9.53 Å². The Balaban J connectivity index is 2.33. The third-order valence-electron chi connectivity index (χ3n) is 3.03. The van der Waals surface area contributed by atoms with E-state index in [0.717, 1.165) is 30.2 Å². The number of aromatic amines is 1. The van der Waals surface area contributed by atoms with E-state index in [4.69, 9.17) is 4.74 Å². The molecule has 0 amide bonds. The van der Waals surface area contributed by atoms with Crippen LogP contribution in [0.3, 0.4) is 0 Å². The van der Waals surface area contributed by atoms with E-state index < -0.39 is 5.54 Å². The minimum Gasteiger partial charge on any atom is -0.468 e. The van der Waals surface area contributed by atoms with Gasteiger partial charge in [0.05, 0.1) is 7.11 Å². The Hall–Kier alpha value is -1.01. The zero-order chi connectivity index (χ0) is 15.0. The molecule has 1 aromatic heterocycles. The van der Waals surface area contributed by atoms with Crippen LogP contribution in [-0.2, 0) is 9.53 Å². The van der Waals surface area contributed by atoms with Crippen molar-refractivity contribution in [3.05, 3.63) is 12.4 Å². The fourth-order valence-electron chi connectivity index (χ4n) is 2.17. The van der Waals surface area contributed by atoms with Gasteiger partial charge in [-0.2, -0.15) is 0 Å². The fourth-order valence-corrected chi connectivity index (χ4v) is 3.00. The Morgan fingerprint density at radius 3 is 2.85 bits per heavy atom. The highest BCUT2D eigenvalue weighted by atomic mass is 32.2. The van der Waals surface area contributed by atoms with Gasteiger partial charge in [0, 0.05) is 24.2 Å². The third-order valence-corrected chi connectivity index (χ3v) is 4.02. The summed E-state index contributed by atoms with van der Waals surface area (Å²) in [6.45, 7) is 5.99. The molecular formula is C14H25N3O2S. The van der Waals surface area contributed by atoms with Crippen molar-refractivity contribution in [1.82, 2.24) is 15.3 Å². The molecular weight excluding hydrogens is 274 g/mol. The van der Waals surface area contributed by atoms with E-state index in [-0.39, 0.29) is 12.0 Å². The standard InChI is InChI=1S/C14H25N3O2S/c1-11(2)17-14(3,12(18)19-4)7-5-6-10-20-13-15-8-9-16-13/h8-9,11,17H,5-7,10H2,1-4H3,(H,15,16). The Labute approximate surface area is 125 Å². The van der Waals surface area contributed by atoms with Crippen molar-refractivity contribution in [2.45, 2.75) is 56.8 Å². The molecule has 1 aromatic rings. The number of H-pyrrole nitrogens is 1. The number of carbonyl (C=O) groups excluding carboxylic acids is 1. The van der Waals surface area contributed by atoms with Crippen LogP contribution in [0.1, 0.15) is 40.0 Å². The van der Waals surface area contributed by atoms with Gasteiger partial charge in [-0.05, 0) is 33.6 Å². The van der Waals surface area contributed by atoms with E-state index in [2.05, 4.69) is 15.3 Å². The number of imidazole rings is 1. The number of methoxy groups -OCH3 is 1. The molecule has 1 atom stereocenters. The maximum Gasteiger partial charge on any atom is 0.325 e. The molecule has 0 aliphatic heterocycles. The monoisotopic (exact) mass is 299 g/mol. The van der Waals surface area contributed by atoms with Crippen LogP contribution >= 0.6 is 11.8 Å². The second-order valence-corrected chi connectivity index (χ2v) is 6.41. The van der Waals surface area contributed by atoms with E-state index in [0.29, 0.717) is 0 Å². The summed E-state index contributed by atoms with van der Waals surface area (Å²) in [5.74, 6) is 0.803. The first-order valence-corrected chi connectivity index (χ1v) is 7.95. The highest BCUT2D eigenvalue weighted by Gasteiger charge is 2.33. The lowest BCUT2D eigenvalue weighted by Crippen LogP contribution is -2.52. The van der Waals surface area contributed by atoms with Gasteiger partial charge in [0.25, 0.3) is 0 Å². The van der Waals surface area contributed by atoms with Crippen molar-refractivity contribution >= 4 is 17.7 Å². The van der Waals surface area contributed by atoms with Gasteiger partial charge in [0.15, 0.2) is 5.16 Å². The largest absolute Gasteiger partial charge is 0.468 e. The molecule has 0 radical (unpaired) electrons. The molecule has 1 rings (SSSR count). The molecule has 0 bridgehead atoms. The highest BCUT2D eigenvalue weighted by molar-refractivity contribution is 7.99. The Morgan fingerprint density at radius 2 is 2.30 bits per heavy atom. The number of carbonyl (C=O) groups is 1. The molecule has 0 aromatic carbocycles. The summed E-state index contributed by atoms with van der Waals surface area (Å²) >= 11 is 1.70. The van der Waals surface area contributed by atoms with Gasteiger partial charge in [0.1, 0.15) is 5.54 Å². The van der Waals surface area contributed by atoms with Gasteiger partial charge in [-0.15, -0.1) is 0 Å². The van der Waals surface area contributed by atoms with Crippen LogP contribution in [0.2, 0.25) is 0 Å². The number of rotatable bonds is 9. The van der Waals surface area contributed by atoms with Crippen LogP contribution in [0, 0.1) is 0 Å². The molecule has 0 aliphatic rings. The number of unbranched alkanes of at least 4 members (excludes halogenated alkanes) is 1. The first kappa shape index (κ1) is 17.0. The Kier molecular flexibility index (Phi) is 7.09. The maximum absolute atomic E-state index is 11.9. The summed E-state index contributed by atoms with van der Waals surface area (Å²) in [6.07, 6.45) is 6.36. The minimum absolute atomic E-state index is 0.190. The van der Waals surface area contributed by atoms with Gasteiger partial charge >= 0.3 is 5.97 Å². The molecule has 6 heteroatoms. The first-order chi connectivity index (χ1) is 9.48. The van der Waals surface area contributed by atoms with E-state index in [9.17, 15) is 4.79 Å². The number of hydrogen-bond donors (Lipinski definition) is 2. The lowest BCUT2D eigenvalue weighted by atomic mass is 9.94. The zero-order valence-electron chi connectivity index (χ0n) is 12.7. The summed E-state index contributed by atoms with van der Waals surface area (Å²) in [5, 5.41) is 4.26. The third kappa shape index (κ3) is 5.54. The van der Waals surface area contributed by atoms with Crippen molar-refractivity contribution in [3.63, 3.8) is 0 Å². The van der Waals surface area contributed by atoms with E-state index in [1.165, 1.54) is 7.11 Å². The summed E-state index contributed by atoms with van der Waals surface area (Å²) in [5.41, 5.74) is -0.599. The molecule has 1 unspecified atom stereocenters. The van der Waals surface area contributed by atoms with Crippen LogP contribution in [0.15, 0.2) is 17.6 Å². The smallest absolute Gasteiger partial charge is 0.325 e. The number of nitrogens with one attached hydrogen (secondary N) is 2. The number of thioether (sulfide) groups is 1. The average molecular weight is 299 g/mol. The average Bonchev–Trinajstić information content (AvgIpc) is 2.89. The summed E-state index contributed by atoms with van der Waals surface area (Å²) in [7, 11) is 1.44. The fraction of sp³-hybridized carbons (Fsp3) is 0.714. The summed E-state index contributed by atoms with van der Waals surface area (Å²) < 4.78 is 4.91. The van der Waals surface area contributed by atoms with Crippen LogP contribution in [-0.4, -0.2) is 40.4 Å². The molecule has 1 heterocycles. The molecule has 5 nitrogen and oxygen atoms in total. The molecule has 0 spiro atoms. The predicted octanol–water partition coefficient (Wildman–Crippen LogP) is 2.60. The number of hydrogen-bond acceptors (Lipinski definition) is 5. The van der Waals surface area contributed by atoms with Gasteiger partial charge in [0.2, 0.25) is 0 Å². The normalized spacial score (nSPS) is 14.2. The van der Waals surface area contributed by atoms with Crippen LogP contribution in [0.5, 0.6) is 0 Å². The lowest BCUT2D eigenvalue weighted by Gasteiger charge is -2.30. The number of esters is 1. The molecule has 0 aliphatic carbocycles. The number of ether oxygens (including phenoxy) is 1. The van der Waals surface area contributed by atoms with E-state index in [1.54, 1.807) is 18.0 Å². The van der Waals surface area contributed by atoms with Crippen molar-refractivity contribution in [3.8, 4) is 0 Å². The van der Waals surface area contributed by atoms with Crippen LogP contribution in [0.4, 0.5) is 0 Å². The number of nitrogens with zero attached hydrogens (tertiary/aromatic N) is 1. The van der Waals surface area contributed by atoms with Crippen LogP contribution in [0.25, 0.3) is 0 Å². The summed E-state index contributed by atoms with van der Waals surface area (Å²) in [6, 6.07) is 0.247. The van der Waals surface area contributed by atoms with Gasteiger partial charge in [-0.3, -0.25) is 10.1 Å². The quantitative estimate of drug-likeness (QED) is 0.417. The second kappa shape index (κ2) is 8.32. The number of aromatic nitrogens is 2. The van der Waals surface area contributed by atoms with Crippen LogP contribution < -0.4 is 5.32 Å². The highest BCUT2D eigenvalue weighted by Crippen LogP contribution is 2.20. The first-order valence-electron chi connectivity index (χ1n) is 6.96. The zero-order valence-corrected chi connectivity index (χ0v) is 13.5. The molecule has 0 fully saturated rings. The van der Waals surface area contributed by atoms with Gasteiger partial charge in [-0.1, -0.05) is 18.2 Å². The molecule has 0 saturated carbocycles. The predicted molar refractivity (Wildman–Crippen MR) is 81.9 cm³/mol. The van der Waals surface area contributed by atoms with Crippen molar-refractivity contribution in [1.29, 1.82) is 0 Å². The summed E-state index contributed by atoms with van der Waals surface area (Å²) in [4.78, 5) is 19.1. The molecule has 114 valence electrons. The minimum atomic E-state index is -0.599. The van der Waals surface area contributed by atoms with Crippen molar-refractivity contribution in [2.24, 2.45) is 0 Å². The Bertz CT molecular complexity index is 395. The topological polar surface area (TPSA) is 67.0 Å². The van der Waals surface area contributed by atoms with Gasteiger partial charge in [-0.25, -0.2) is 4.98 Å². The van der Waals surface area contributed by atoms with E-state index >= 15 is 0 Å².